The Hall–Kier alpha value is -0.890. The Labute approximate surface area is 105 Å². The average molecular weight is 232 g/mol. The largest absolute Gasteiger partial charge is 0.306 e. The van der Waals surface area contributed by atoms with Gasteiger partial charge in [0.2, 0.25) is 0 Å². The Kier molecular flexibility index (Phi) is 4.16. The molecule has 0 aliphatic heterocycles. The third kappa shape index (κ3) is 3.53. The molecule has 0 radical (unpaired) electrons. The maximum Gasteiger partial charge on any atom is 0.0570 e. The van der Waals surface area contributed by atoms with Crippen LogP contribution in [0.25, 0.3) is 0 Å². The molecule has 17 heavy (non-hydrogen) atoms. The first-order chi connectivity index (χ1) is 8.15. The summed E-state index contributed by atoms with van der Waals surface area (Å²) in [6, 6.07) is 7.16. The minimum Gasteiger partial charge on any atom is -0.306 e. The smallest absolute Gasteiger partial charge is 0.0570 e. The first kappa shape index (κ1) is 12.6. The number of hydrogen-bond donors (Lipinski definition) is 1. The molecule has 1 aliphatic rings. The summed E-state index contributed by atoms with van der Waals surface area (Å²) in [5.41, 5.74) is 1.15. The van der Waals surface area contributed by atoms with Crippen molar-refractivity contribution in [1.29, 1.82) is 0 Å². The van der Waals surface area contributed by atoms with E-state index in [-0.39, 0.29) is 0 Å². The molecular formula is C15H24N2. The van der Waals surface area contributed by atoms with Crippen LogP contribution in [0.4, 0.5) is 0 Å². The maximum atomic E-state index is 4.42. The normalized spacial score (nSPS) is 31.1. The van der Waals surface area contributed by atoms with Gasteiger partial charge in [-0.25, -0.2) is 0 Å². The van der Waals surface area contributed by atoms with Crippen LogP contribution >= 0.6 is 0 Å². The molecule has 2 unspecified atom stereocenters. The predicted octanol–water partition coefficient (Wildman–Crippen LogP) is 3.56. The summed E-state index contributed by atoms with van der Waals surface area (Å²) >= 11 is 0. The Morgan fingerprint density at radius 2 is 1.88 bits per heavy atom. The number of aromatic nitrogens is 1. The van der Waals surface area contributed by atoms with E-state index in [1.54, 1.807) is 0 Å². The highest BCUT2D eigenvalue weighted by molar-refractivity contribution is 5.08. The van der Waals surface area contributed by atoms with Crippen LogP contribution in [0.5, 0.6) is 0 Å². The zero-order chi connectivity index (χ0) is 12.3. The van der Waals surface area contributed by atoms with Crippen LogP contribution < -0.4 is 5.32 Å². The van der Waals surface area contributed by atoms with Gasteiger partial charge in [-0.15, -0.1) is 0 Å². The summed E-state index contributed by atoms with van der Waals surface area (Å²) in [4.78, 5) is 4.42. The molecule has 0 bridgehead atoms. The van der Waals surface area contributed by atoms with Crippen LogP contribution in [-0.2, 0) is 0 Å². The second-order valence-corrected chi connectivity index (χ2v) is 5.76. The molecule has 0 spiro atoms. The maximum absolute atomic E-state index is 4.42. The highest BCUT2D eigenvalue weighted by Crippen LogP contribution is 2.29. The number of pyridine rings is 1. The van der Waals surface area contributed by atoms with Gasteiger partial charge >= 0.3 is 0 Å². The van der Waals surface area contributed by atoms with Crippen molar-refractivity contribution in [2.45, 2.75) is 52.1 Å². The lowest BCUT2D eigenvalue weighted by molar-refractivity contribution is 0.227. The molecule has 3 atom stereocenters. The molecule has 1 fully saturated rings. The van der Waals surface area contributed by atoms with E-state index in [1.807, 2.05) is 12.3 Å². The number of nitrogens with one attached hydrogen (secondary N) is 1. The minimum atomic E-state index is 0.360. The topological polar surface area (TPSA) is 24.9 Å². The lowest BCUT2D eigenvalue weighted by Gasteiger charge is -2.33. The summed E-state index contributed by atoms with van der Waals surface area (Å²) in [6.07, 6.45) is 5.87. The minimum absolute atomic E-state index is 0.360. The van der Waals surface area contributed by atoms with Crippen LogP contribution in [0.15, 0.2) is 24.4 Å². The van der Waals surface area contributed by atoms with Gasteiger partial charge in [0.25, 0.3) is 0 Å². The van der Waals surface area contributed by atoms with Gasteiger partial charge in [0.05, 0.1) is 5.69 Å². The van der Waals surface area contributed by atoms with Gasteiger partial charge in [0.15, 0.2) is 0 Å². The van der Waals surface area contributed by atoms with Crippen molar-refractivity contribution in [1.82, 2.24) is 10.3 Å². The molecular weight excluding hydrogens is 208 g/mol. The molecule has 1 heterocycles. The molecule has 0 saturated heterocycles. The van der Waals surface area contributed by atoms with Crippen molar-refractivity contribution in [2.24, 2.45) is 11.8 Å². The summed E-state index contributed by atoms with van der Waals surface area (Å²) < 4.78 is 0. The first-order valence-corrected chi connectivity index (χ1v) is 6.82. The Balaban J connectivity index is 1.92. The van der Waals surface area contributed by atoms with Crippen LogP contribution in [0.2, 0.25) is 0 Å². The summed E-state index contributed by atoms with van der Waals surface area (Å²) in [5.74, 6) is 1.71. The molecule has 2 rings (SSSR count). The monoisotopic (exact) mass is 232 g/mol. The highest BCUT2D eigenvalue weighted by Gasteiger charge is 2.25. The van der Waals surface area contributed by atoms with Crippen LogP contribution in [0, 0.1) is 11.8 Å². The number of hydrogen-bond acceptors (Lipinski definition) is 2. The molecule has 1 saturated carbocycles. The molecule has 0 amide bonds. The average Bonchev–Trinajstić information content (AvgIpc) is 2.28. The summed E-state index contributed by atoms with van der Waals surface area (Å²) in [7, 11) is 0. The van der Waals surface area contributed by atoms with Crippen molar-refractivity contribution in [2.75, 3.05) is 0 Å². The van der Waals surface area contributed by atoms with Crippen molar-refractivity contribution in [3.63, 3.8) is 0 Å². The van der Waals surface area contributed by atoms with Gasteiger partial charge in [-0.05, 0) is 50.2 Å². The molecule has 1 aromatic heterocycles. The van der Waals surface area contributed by atoms with Gasteiger partial charge in [0, 0.05) is 18.3 Å². The molecule has 1 aromatic rings. The van der Waals surface area contributed by atoms with E-state index in [2.05, 4.69) is 43.2 Å². The zero-order valence-electron chi connectivity index (χ0n) is 11.2. The van der Waals surface area contributed by atoms with Crippen LogP contribution in [0.3, 0.4) is 0 Å². The fraction of sp³-hybridized carbons (Fsp3) is 0.667. The van der Waals surface area contributed by atoms with Gasteiger partial charge in [-0.1, -0.05) is 19.9 Å². The SMILES string of the molecule is CC1CC(C)CC(N[C@H](C)c2ccccn2)C1. The quantitative estimate of drug-likeness (QED) is 0.862. The lowest BCUT2D eigenvalue weighted by Crippen LogP contribution is -2.37. The molecule has 2 nitrogen and oxygen atoms in total. The predicted molar refractivity (Wildman–Crippen MR) is 71.8 cm³/mol. The summed E-state index contributed by atoms with van der Waals surface area (Å²) in [6.45, 7) is 6.96. The first-order valence-electron chi connectivity index (χ1n) is 6.82. The number of nitrogens with zero attached hydrogens (tertiary/aromatic N) is 1. The van der Waals surface area contributed by atoms with Crippen molar-refractivity contribution < 1.29 is 0 Å². The van der Waals surface area contributed by atoms with Gasteiger partial charge in [-0.3, -0.25) is 4.98 Å². The van der Waals surface area contributed by atoms with Gasteiger partial charge < -0.3 is 5.32 Å². The molecule has 1 aliphatic carbocycles. The zero-order valence-corrected chi connectivity index (χ0v) is 11.2. The third-order valence-electron chi connectivity index (χ3n) is 3.80. The van der Waals surface area contributed by atoms with E-state index in [0.717, 1.165) is 17.5 Å². The second kappa shape index (κ2) is 5.63. The molecule has 2 heteroatoms. The van der Waals surface area contributed by atoms with E-state index in [1.165, 1.54) is 19.3 Å². The van der Waals surface area contributed by atoms with E-state index >= 15 is 0 Å². The fourth-order valence-electron chi connectivity index (χ4n) is 3.15. The van der Waals surface area contributed by atoms with E-state index in [0.29, 0.717) is 12.1 Å². The summed E-state index contributed by atoms with van der Waals surface area (Å²) in [5, 5.41) is 3.73. The number of rotatable bonds is 3. The Bertz CT molecular complexity index is 326. The second-order valence-electron chi connectivity index (χ2n) is 5.76. The van der Waals surface area contributed by atoms with Gasteiger partial charge in [-0.2, -0.15) is 0 Å². The lowest BCUT2D eigenvalue weighted by atomic mass is 9.80. The van der Waals surface area contributed by atoms with E-state index in [9.17, 15) is 0 Å². The Morgan fingerprint density at radius 1 is 1.18 bits per heavy atom. The van der Waals surface area contributed by atoms with Gasteiger partial charge in [0.1, 0.15) is 0 Å². The molecule has 94 valence electrons. The molecule has 0 aromatic carbocycles. The van der Waals surface area contributed by atoms with E-state index < -0.39 is 0 Å². The Morgan fingerprint density at radius 3 is 2.47 bits per heavy atom. The van der Waals surface area contributed by atoms with E-state index in [4.69, 9.17) is 0 Å². The van der Waals surface area contributed by atoms with Crippen molar-refractivity contribution in [3.8, 4) is 0 Å². The standard InChI is InChI=1S/C15H24N2/c1-11-8-12(2)10-14(9-11)17-13(3)15-6-4-5-7-16-15/h4-7,11-14,17H,8-10H2,1-3H3/t11?,12?,13-,14?/m1/s1. The van der Waals surface area contributed by atoms with Crippen LogP contribution in [0.1, 0.15) is 51.8 Å². The van der Waals surface area contributed by atoms with Crippen LogP contribution in [-0.4, -0.2) is 11.0 Å². The van der Waals surface area contributed by atoms with Crippen molar-refractivity contribution in [3.05, 3.63) is 30.1 Å². The third-order valence-corrected chi connectivity index (χ3v) is 3.80. The molecule has 1 N–H and O–H groups in total. The highest BCUT2D eigenvalue weighted by atomic mass is 15.0. The van der Waals surface area contributed by atoms with Crippen molar-refractivity contribution >= 4 is 0 Å². The fourth-order valence-corrected chi connectivity index (χ4v) is 3.15.